The van der Waals surface area contributed by atoms with Crippen LogP contribution in [0.3, 0.4) is 0 Å². The van der Waals surface area contributed by atoms with Crippen LogP contribution >= 0.6 is 12.2 Å². The second kappa shape index (κ2) is 13.1. The lowest BCUT2D eigenvalue weighted by Crippen LogP contribution is -2.19. The van der Waals surface area contributed by atoms with E-state index in [4.69, 9.17) is 17.2 Å². The number of anilines is 2. The van der Waals surface area contributed by atoms with E-state index < -0.39 is 17.6 Å². The molecule has 250 valence electrons. The summed E-state index contributed by atoms with van der Waals surface area (Å²) in [7, 11) is 0. The standard InChI is InChI=1S/C43H29F4N3S/c44-38-18-6-7-19-39(38)50-42(51)48-30-14-8-13-28(23-30)33-25-40(49-41-32(33)16-9-17-37(41)43(45,46)47)36-22-27(20-26-10-2-1-3-11-26)21-34-31-15-5-4-12-29(31)24-35(34)36/h1-19,21-23,25H,20,24H2,(H2,48,50,51). The number of pyridine rings is 1. The van der Waals surface area contributed by atoms with Crippen LogP contribution in [0.25, 0.3) is 44.4 Å². The molecule has 0 bridgehead atoms. The summed E-state index contributed by atoms with van der Waals surface area (Å²) in [6.45, 7) is 0. The van der Waals surface area contributed by atoms with Crippen LogP contribution in [0.15, 0.2) is 140 Å². The van der Waals surface area contributed by atoms with Gasteiger partial charge in [-0.25, -0.2) is 9.37 Å². The summed E-state index contributed by atoms with van der Waals surface area (Å²) in [5.74, 6) is -0.450. The van der Waals surface area contributed by atoms with Crippen molar-refractivity contribution >= 4 is 39.6 Å². The average molecular weight is 696 g/mol. The number of alkyl halides is 3. The van der Waals surface area contributed by atoms with Gasteiger partial charge in [0, 0.05) is 16.6 Å². The Kier molecular flexibility index (Phi) is 8.32. The fourth-order valence-corrected chi connectivity index (χ4v) is 7.15. The second-order valence-electron chi connectivity index (χ2n) is 12.6. The number of para-hydroxylation sites is 2. The molecule has 0 radical (unpaired) electrons. The molecule has 0 aliphatic heterocycles. The van der Waals surface area contributed by atoms with Crippen molar-refractivity contribution in [3.8, 4) is 33.5 Å². The van der Waals surface area contributed by atoms with Gasteiger partial charge in [0.15, 0.2) is 5.11 Å². The van der Waals surface area contributed by atoms with Crippen LogP contribution in [-0.4, -0.2) is 10.1 Å². The third-order valence-electron chi connectivity index (χ3n) is 9.21. The summed E-state index contributed by atoms with van der Waals surface area (Å²) in [4.78, 5) is 4.81. The number of nitrogens with zero attached hydrogens (tertiary/aromatic N) is 1. The molecule has 1 aliphatic rings. The highest BCUT2D eigenvalue weighted by molar-refractivity contribution is 7.80. The molecule has 0 atom stereocenters. The minimum absolute atomic E-state index is 0.120. The van der Waals surface area contributed by atoms with E-state index in [1.807, 2.05) is 48.5 Å². The first-order chi connectivity index (χ1) is 24.7. The molecule has 0 unspecified atom stereocenters. The van der Waals surface area contributed by atoms with Gasteiger partial charge in [-0.05, 0) is 112 Å². The normalized spacial score (nSPS) is 12.0. The van der Waals surface area contributed by atoms with E-state index in [1.54, 1.807) is 36.4 Å². The lowest BCUT2D eigenvalue weighted by Gasteiger charge is -2.18. The van der Waals surface area contributed by atoms with E-state index in [9.17, 15) is 17.6 Å². The molecule has 6 aromatic carbocycles. The first-order valence-corrected chi connectivity index (χ1v) is 16.8. The quantitative estimate of drug-likeness (QED) is 0.134. The number of hydrogen-bond donors (Lipinski definition) is 2. The topological polar surface area (TPSA) is 37.0 Å². The lowest BCUT2D eigenvalue weighted by atomic mass is 9.91. The highest BCUT2D eigenvalue weighted by Crippen LogP contribution is 2.45. The molecule has 0 amide bonds. The number of nitrogens with one attached hydrogen (secondary N) is 2. The van der Waals surface area contributed by atoms with E-state index in [0.717, 1.165) is 39.4 Å². The van der Waals surface area contributed by atoms with E-state index in [1.165, 1.54) is 17.7 Å². The van der Waals surface area contributed by atoms with Crippen molar-refractivity contribution in [1.29, 1.82) is 0 Å². The summed E-state index contributed by atoms with van der Waals surface area (Å²) in [6, 6.07) is 42.1. The van der Waals surface area contributed by atoms with Crippen LogP contribution in [0.2, 0.25) is 0 Å². The largest absolute Gasteiger partial charge is 0.418 e. The Hall–Kier alpha value is -5.86. The van der Waals surface area contributed by atoms with E-state index in [2.05, 4.69) is 47.0 Å². The van der Waals surface area contributed by atoms with Gasteiger partial charge in [0.1, 0.15) is 5.82 Å². The zero-order valence-electron chi connectivity index (χ0n) is 27.1. The van der Waals surface area contributed by atoms with Gasteiger partial charge < -0.3 is 10.6 Å². The Labute approximate surface area is 297 Å². The first-order valence-electron chi connectivity index (χ1n) is 16.4. The van der Waals surface area contributed by atoms with Crippen LogP contribution in [0.4, 0.5) is 28.9 Å². The van der Waals surface area contributed by atoms with Gasteiger partial charge in [0.05, 0.1) is 22.5 Å². The number of halogens is 4. The van der Waals surface area contributed by atoms with Crippen molar-refractivity contribution < 1.29 is 17.6 Å². The molecule has 3 nitrogen and oxygen atoms in total. The van der Waals surface area contributed by atoms with E-state index in [-0.39, 0.29) is 16.3 Å². The molecule has 0 spiro atoms. The van der Waals surface area contributed by atoms with Gasteiger partial charge >= 0.3 is 6.18 Å². The first kappa shape index (κ1) is 32.4. The molecular formula is C43H29F4N3S. The van der Waals surface area contributed by atoms with Gasteiger partial charge in [0.2, 0.25) is 0 Å². The Morgan fingerprint density at radius 2 is 1.41 bits per heavy atom. The third kappa shape index (κ3) is 6.46. The van der Waals surface area contributed by atoms with E-state index >= 15 is 0 Å². The van der Waals surface area contributed by atoms with Crippen molar-refractivity contribution in [2.45, 2.75) is 19.0 Å². The molecule has 0 saturated carbocycles. The number of fused-ring (bicyclic) bond motifs is 4. The average Bonchev–Trinajstić information content (AvgIpc) is 3.50. The molecule has 0 fully saturated rings. The summed E-state index contributed by atoms with van der Waals surface area (Å²) in [5, 5.41) is 6.50. The van der Waals surface area contributed by atoms with Crippen molar-refractivity contribution in [1.82, 2.24) is 4.98 Å². The lowest BCUT2D eigenvalue weighted by molar-refractivity contribution is -0.136. The summed E-state index contributed by atoms with van der Waals surface area (Å²) < 4.78 is 58.1. The molecule has 51 heavy (non-hydrogen) atoms. The van der Waals surface area contributed by atoms with Gasteiger partial charge in [-0.1, -0.05) is 97.1 Å². The molecular weight excluding hydrogens is 667 g/mol. The van der Waals surface area contributed by atoms with Crippen molar-refractivity contribution in [3.05, 3.63) is 173 Å². The maximum atomic E-state index is 14.6. The maximum Gasteiger partial charge on any atom is 0.418 e. The Morgan fingerprint density at radius 1 is 0.667 bits per heavy atom. The molecule has 0 saturated heterocycles. The van der Waals surface area contributed by atoms with Crippen LogP contribution < -0.4 is 10.6 Å². The Bertz CT molecular complexity index is 2460. The van der Waals surface area contributed by atoms with Crippen molar-refractivity contribution in [2.24, 2.45) is 0 Å². The monoisotopic (exact) mass is 695 g/mol. The number of hydrogen-bond acceptors (Lipinski definition) is 2. The number of benzene rings is 6. The maximum absolute atomic E-state index is 14.6. The van der Waals surface area contributed by atoms with Crippen LogP contribution in [0, 0.1) is 5.82 Å². The highest BCUT2D eigenvalue weighted by Gasteiger charge is 2.34. The predicted molar refractivity (Wildman–Crippen MR) is 201 cm³/mol. The minimum Gasteiger partial charge on any atom is -0.332 e. The summed E-state index contributed by atoms with van der Waals surface area (Å²) in [6.07, 6.45) is -3.32. The van der Waals surface area contributed by atoms with Crippen molar-refractivity contribution in [2.75, 3.05) is 10.6 Å². The number of aromatic nitrogens is 1. The van der Waals surface area contributed by atoms with Gasteiger partial charge in [-0.15, -0.1) is 0 Å². The SMILES string of the molecule is Fc1ccccc1NC(=S)Nc1cccc(-c2cc(-c3cc(Cc4ccccc4)cc4c3Cc3ccccc3-4)nc3c(C(F)(F)F)cccc23)c1. The molecule has 8 rings (SSSR count). The van der Waals surface area contributed by atoms with Gasteiger partial charge in [-0.2, -0.15) is 13.2 Å². The highest BCUT2D eigenvalue weighted by atomic mass is 32.1. The van der Waals surface area contributed by atoms with Gasteiger partial charge in [0.25, 0.3) is 0 Å². The third-order valence-corrected chi connectivity index (χ3v) is 9.41. The molecule has 2 N–H and O–H groups in total. The van der Waals surface area contributed by atoms with Gasteiger partial charge in [-0.3, -0.25) is 0 Å². The zero-order valence-corrected chi connectivity index (χ0v) is 27.9. The van der Waals surface area contributed by atoms with Crippen LogP contribution in [0.1, 0.15) is 27.8 Å². The minimum atomic E-state index is -4.62. The van der Waals surface area contributed by atoms with E-state index in [0.29, 0.717) is 40.7 Å². The van der Waals surface area contributed by atoms with Crippen LogP contribution in [0.5, 0.6) is 0 Å². The fraction of sp³-hybridized carbons (Fsp3) is 0.0698. The molecule has 1 aliphatic carbocycles. The molecule has 7 aromatic rings. The van der Waals surface area contributed by atoms with Crippen LogP contribution in [-0.2, 0) is 19.0 Å². The smallest absolute Gasteiger partial charge is 0.332 e. The molecule has 1 aromatic heterocycles. The Morgan fingerprint density at radius 3 is 2.24 bits per heavy atom. The predicted octanol–water partition coefficient (Wildman–Crippen LogP) is 11.7. The summed E-state index contributed by atoms with van der Waals surface area (Å²) in [5.41, 5.74) is 8.99. The summed E-state index contributed by atoms with van der Waals surface area (Å²) >= 11 is 5.47. The number of rotatable bonds is 6. The second-order valence-corrected chi connectivity index (χ2v) is 13.0. The fourth-order valence-electron chi connectivity index (χ4n) is 6.92. The van der Waals surface area contributed by atoms with Crippen molar-refractivity contribution in [3.63, 3.8) is 0 Å². The number of thiocarbonyl (C=S) groups is 1. The molecule has 1 heterocycles. The molecule has 8 heteroatoms. The zero-order chi connectivity index (χ0) is 35.1. The Balaban J connectivity index is 1.28.